The number of nitrogens with zero attached hydrogens (tertiary/aromatic N) is 1. The molecule has 0 spiro atoms. The molecular weight excluding hydrogens is 288 g/mol. The highest BCUT2D eigenvalue weighted by atomic mass is 79.9. The smallest absolute Gasteiger partial charge is 0.138 e. The summed E-state index contributed by atoms with van der Waals surface area (Å²) in [5.74, 6) is 0.804. The predicted octanol–water partition coefficient (Wildman–Crippen LogP) is 2.94. The van der Waals surface area contributed by atoms with Crippen molar-refractivity contribution in [3.63, 3.8) is 0 Å². The van der Waals surface area contributed by atoms with E-state index in [-0.39, 0.29) is 0 Å². The zero-order valence-corrected chi connectivity index (χ0v) is 10.9. The SMILES string of the molecule is NCc1cccc(Br)c1OCc1cscn1. The summed E-state index contributed by atoms with van der Waals surface area (Å²) in [6, 6.07) is 5.85. The molecule has 2 aromatic rings. The summed E-state index contributed by atoms with van der Waals surface area (Å²) < 4.78 is 6.64. The largest absolute Gasteiger partial charge is 0.486 e. The van der Waals surface area contributed by atoms with Crippen LogP contribution < -0.4 is 10.5 Å². The average Bonchev–Trinajstić information content (AvgIpc) is 2.80. The van der Waals surface area contributed by atoms with Gasteiger partial charge in [0.15, 0.2) is 0 Å². The van der Waals surface area contributed by atoms with Crippen molar-refractivity contribution < 1.29 is 4.74 Å². The predicted molar refractivity (Wildman–Crippen MR) is 68.5 cm³/mol. The van der Waals surface area contributed by atoms with Crippen molar-refractivity contribution in [2.24, 2.45) is 5.73 Å². The Hall–Kier alpha value is -0.910. The Morgan fingerprint density at radius 1 is 1.44 bits per heavy atom. The van der Waals surface area contributed by atoms with Crippen LogP contribution in [0.25, 0.3) is 0 Å². The number of benzene rings is 1. The lowest BCUT2D eigenvalue weighted by molar-refractivity contribution is 0.297. The van der Waals surface area contributed by atoms with E-state index in [0.29, 0.717) is 13.2 Å². The first-order chi connectivity index (χ1) is 7.81. The molecule has 0 amide bonds. The van der Waals surface area contributed by atoms with Gasteiger partial charge in [0.05, 0.1) is 15.7 Å². The van der Waals surface area contributed by atoms with Crippen molar-refractivity contribution >= 4 is 27.3 Å². The molecule has 0 saturated carbocycles. The molecule has 0 saturated heterocycles. The first-order valence-electron chi connectivity index (χ1n) is 4.78. The van der Waals surface area contributed by atoms with Gasteiger partial charge in [0.25, 0.3) is 0 Å². The second kappa shape index (κ2) is 5.43. The second-order valence-electron chi connectivity index (χ2n) is 3.20. The average molecular weight is 299 g/mol. The Morgan fingerprint density at radius 3 is 3.00 bits per heavy atom. The molecule has 1 aromatic heterocycles. The number of thiazole rings is 1. The molecule has 1 aromatic carbocycles. The monoisotopic (exact) mass is 298 g/mol. The number of ether oxygens (including phenoxy) is 1. The summed E-state index contributed by atoms with van der Waals surface area (Å²) in [5, 5.41) is 1.97. The number of aromatic nitrogens is 1. The standard InChI is InChI=1S/C11H11BrN2OS/c12-10-3-1-2-8(4-13)11(10)15-5-9-6-16-7-14-9/h1-3,6-7H,4-5,13H2. The summed E-state index contributed by atoms with van der Waals surface area (Å²) in [5.41, 5.74) is 9.37. The minimum atomic E-state index is 0.464. The zero-order chi connectivity index (χ0) is 11.4. The van der Waals surface area contributed by atoms with Crippen LogP contribution in [0.5, 0.6) is 5.75 Å². The van der Waals surface area contributed by atoms with E-state index in [1.54, 1.807) is 16.8 Å². The molecule has 1 heterocycles. The molecule has 3 nitrogen and oxygen atoms in total. The van der Waals surface area contributed by atoms with Crippen LogP contribution in [-0.4, -0.2) is 4.98 Å². The quantitative estimate of drug-likeness (QED) is 0.944. The molecule has 0 fully saturated rings. The number of hydrogen-bond donors (Lipinski definition) is 1. The number of para-hydroxylation sites is 1. The minimum absolute atomic E-state index is 0.464. The first-order valence-corrected chi connectivity index (χ1v) is 6.52. The Morgan fingerprint density at radius 2 is 2.31 bits per heavy atom. The van der Waals surface area contributed by atoms with Gasteiger partial charge in [-0.1, -0.05) is 12.1 Å². The third-order valence-corrected chi connectivity index (χ3v) is 3.38. The molecule has 0 atom stereocenters. The fourth-order valence-electron chi connectivity index (χ4n) is 1.33. The molecule has 84 valence electrons. The van der Waals surface area contributed by atoms with Crippen LogP contribution in [0.15, 0.2) is 33.6 Å². The molecule has 0 unspecified atom stereocenters. The lowest BCUT2D eigenvalue weighted by atomic mass is 10.2. The molecule has 2 rings (SSSR count). The lowest BCUT2D eigenvalue weighted by Gasteiger charge is -2.11. The highest BCUT2D eigenvalue weighted by Crippen LogP contribution is 2.29. The van der Waals surface area contributed by atoms with E-state index in [1.807, 2.05) is 23.6 Å². The summed E-state index contributed by atoms with van der Waals surface area (Å²) >= 11 is 5.02. The number of rotatable bonds is 4. The third kappa shape index (κ3) is 2.61. The van der Waals surface area contributed by atoms with Crippen molar-refractivity contribution in [2.75, 3.05) is 0 Å². The molecule has 0 bridgehead atoms. The number of hydrogen-bond acceptors (Lipinski definition) is 4. The maximum atomic E-state index is 5.72. The van der Waals surface area contributed by atoms with Crippen molar-refractivity contribution in [1.29, 1.82) is 0 Å². The van der Waals surface area contributed by atoms with Crippen molar-refractivity contribution in [2.45, 2.75) is 13.2 Å². The van der Waals surface area contributed by atoms with Crippen molar-refractivity contribution in [3.05, 3.63) is 44.8 Å². The fraction of sp³-hybridized carbons (Fsp3) is 0.182. The van der Waals surface area contributed by atoms with Gasteiger partial charge >= 0.3 is 0 Å². The molecule has 0 aliphatic rings. The number of nitrogens with two attached hydrogens (primary N) is 1. The van der Waals surface area contributed by atoms with Gasteiger partial charge in [-0.05, 0) is 22.0 Å². The Bertz CT molecular complexity index is 459. The van der Waals surface area contributed by atoms with E-state index >= 15 is 0 Å². The van der Waals surface area contributed by atoms with Gasteiger partial charge in [0.1, 0.15) is 12.4 Å². The Balaban J connectivity index is 2.14. The second-order valence-corrected chi connectivity index (χ2v) is 4.77. The molecule has 2 N–H and O–H groups in total. The van der Waals surface area contributed by atoms with Gasteiger partial charge in [-0.25, -0.2) is 4.98 Å². The van der Waals surface area contributed by atoms with Gasteiger partial charge in [0.2, 0.25) is 0 Å². The van der Waals surface area contributed by atoms with Gasteiger partial charge in [0, 0.05) is 17.5 Å². The maximum Gasteiger partial charge on any atom is 0.138 e. The molecule has 16 heavy (non-hydrogen) atoms. The van der Waals surface area contributed by atoms with E-state index in [0.717, 1.165) is 21.5 Å². The van der Waals surface area contributed by atoms with Crippen LogP contribution in [0, 0.1) is 0 Å². The Labute approximate surface area is 106 Å². The normalized spacial score (nSPS) is 10.4. The van der Waals surface area contributed by atoms with Crippen LogP contribution in [0.4, 0.5) is 0 Å². The Kier molecular flexibility index (Phi) is 3.93. The summed E-state index contributed by atoms with van der Waals surface area (Å²) in [6.45, 7) is 0.935. The van der Waals surface area contributed by atoms with Crippen LogP contribution in [0.2, 0.25) is 0 Å². The lowest BCUT2D eigenvalue weighted by Crippen LogP contribution is -2.03. The first kappa shape index (κ1) is 11.6. The molecule has 0 aliphatic heterocycles. The summed E-state index contributed by atoms with van der Waals surface area (Å²) in [4.78, 5) is 4.16. The molecule has 5 heteroatoms. The van der Waals surface area contributed by atoms with Crippen molar-refractivity contribution in [3.8, 4) is 5.75 Å². The van der Waals surface area contributed by atoms with E-state index in [1.165, 1.54) is 0 Å². The van der Waals surface area contributed by atoms with Crippen molar-refractivity contribution in [1.82, 2.24) is 4.98 Å². The molecule has 0 radical (unpaired) electrons. The minimum Gasteiger partial charge on any atom is -0.486 e. The topological polar surface area (TPSA) is 48.1 Å². The van der Waals surface area contributed by atoms with E-state index in [4.69, 9.17) is 10.5 Å². The maximum absolute atomic E-state index is 5.72. The molecule has 0 aliphatic carbocycles. The third-order valence-electron chi connectivity index (χ3n) is 2.12. The summed E-state index contributed by atoms with van der Waals surface area (Å²) in [7, 11) is 0. The van der Waals surface area contributed by atoms with Gasteiger partial charge in [-0.15, -0.1) is 11.3 Å². The van der Waals surface area contributed by atoms with E-state index < -0.39 is 0 Å². The van der Waals surface area contributed by atoms with Crippen LogP contribution >= 0.6 is 27.3 Å². The van der Waals surface area contributed by atoms with Crippen LogP contribution in [-0.2, 0) is 13.2 Å². The van der Waals surface area contributed by atoms with E-state index in [2.05, 4.69) is 20.9 Å². The van der Waals surface area contributed by atoms with E-state index in [9.17, 15) is 0 Å². The summed E-state index contributed by atoms with van der Waals surface area (Å²) in [6.07, 6.45) is 0. The highest BCUT2D eigenvalue weighted by molar-refractivity contribution is 9.10. The fourth-order valence-corrected chi connectivity index (χ4v) is 2.40. The van der Waals surface area contributed by atoms with Crippen LogP contribution in [0.1, 0.15) is 11.3 Å². The molecular formula is C11H11BrN2OS. The van der Waals surface area contributed by atoms with Gasteiger partial charge in [-0.3, -0.25) is 0 Å². The van der Waals surface area contributed by atoms with Gasteiger partial charge in [-0.2, -0.15) is 0 Å². The zero-order valence-electron chi connectivity index (χ0n) is 8.52. The number of halogens is 1. The van der Waals surface area contributed by atoms with Gasteiger partial charge < -0.3 is 10.5 Å². The highest BCUT2D eigenvalue weighted by Gasteiger charge is 2.07. The van der Waals surface area contributed by atoms with Crippen LogP contribution in [0.3, 0.4) is 0 Å².